The third kappa shape index (κ3) is 57.5. The fraction of sp³-hybridized carbons (Fsp3) is 0.961. The molecular weight excluding hydrogens is 1420 g/mol. The molecule has 0 aromatic heterocycles. The molecular formula is C102H200N6O7. The molecule has 2 heterocycles. The molecule has 2 rings (SSSR count). The Morgan fingerprint density at radius 3 is 1.00 bits per heavy atom. The van der Waals surface area contributed by atoms with E-state index >= 15 is 0 Å². The topological polar surface area (TPSA) is 126 Å². The van der Waals surface area contributed by atoms with Gasteiger partial charge in [0.1, 0.15) is 0 Å². The number of nitrogens with zero attached hydrogens (tertiary/aromatic N) is 6. The highest BCUT2D eigenvalue weighted by molar-refractivity contribution is 5.78. The Bertz CT molecular complexity index is 2160. The molecule has 2 aliphatic heterocycles. The molecule has 4 unspecified atom stereocenters. The summed E-state index contributed by atoms with van der Waals surface area (Å²) in [5, 5.41) is 10.8. The number of likely N-dealkylation sites (tertiary alicyclic amines) is 2. The van der Waals surface area contributed by atoms with Crippen LogP contribution in [0.1, 0.15) is 499 Å². The summed E-state index contributed by atoms with van der Waals surface area (Å²) in [6.45, 7) is 34.9. The summed E-state index contributed by atoms with van der Waals surface area (Å²) in [6.07, 6.45) is 85.2. The van der Waals surface area contributed by atoms with Gasteiger partial charge in [-0.15, -0.1) is 0 Å². The summed E-state index contributed by atoms with van der Waals surface area (Å²) in [5.41, 5.74) is -1.82. The second-order valence-electron chi connectivity index (χ2n) is 38.3. The molecule has 2 saturated heterocycles. The SMILES string of the molecule is CCCCCCCCCCCCCCN(CCCCCCCCCCC(C)C(=O)OC1(C(C)(C)C)C(CCN(CCCCCCCCCCCCCC)CCCCCCCCCCCC(=O)OC)CCN1C(=O)O)CCC1CCN(C(=O)CN(CCCCCCCCC)CCN(CCCCCCCCC)CCCCCCCCC)C1. The van der Waals surface area contributed by atoms with Crippen molar-refractivity contribution in [2.75, 3.05) is 105 Å². The van der Waals surface area contributed by atoms with Gasteiger partial charge in [-0.25, -0.2) is 4.79 Å². The average molecular weight is 1620 g/mol. The predicted molar refractivity (Wildman–Crippen MR) is 496 cm³/mol. The van der Waals surface area contributed by atoms with Crippen LogP contribution in [0.5, 0.6) is 0 Å². The van der Waals surface area contributed by atoms with E-state index in [-0.39, 0.29) is 23.8 Å². The van der Waals surface area contributed by atoms with Gasteiger partial charge < -0.3 is 34.2 Å². The largest absolute Gasteiger partial charge is 0.469 e. The second-order valence-corrected chi connectivity index (χ2v) is 38.3. The molecule has 115 heavy (non-hydrogen) atoms. The van der Waals surface area contributed by atoms with Gasteiger partial charge in [0.05, 0.1) is 19.6 Å². The zero-order valence-electron chi connectivity index (χ0n) is 79.0. The van der Waals surface area contributed by atoms with Gasteiger partial charge in [-0.1, -0.05) is 409 Å². The first-order valence-corrected chi connectivity index (χ1v) is 51.6. The van der Waals surface area contributed by atoms with Crippen LogP contribution in [0.4, 0.5) is 4.79 Å². The number of carbonyl (C=O) groups is 4. The molecule has 0 aromatic carbocycles. The van der Waals surface area contributed by atoms with Crippen LogP contribution in [0.2, 0.25) is 0 Å². The van der Waals surface area contributed by atoms with E-state index < -0.39 is 17.2 Å². The molecule has 0 bridgehead atoms. The van der Waals surface area contributed by atoms with Crippen molar-refractivity contribution in [1.82, 2.24) is 29.4 Å². The number of hydrogen-bond donors (Lipinski definition) is 1. The van der Waals surface area contributed by atoms with E-state index in [0.717, 1.165) is 104 Å². The lowest BCUT2D eigenvalue weighted by molar-refractivity contribution is -0.217. The lowest BCUT2D eigenvalue weighted by Gasteiger charge is -2.49. The zero-order valence-corrected chi connectivity index (χ0v) is 79.0. The highest BCUT2D eigenvalue weighted by atomic mass is 16.6. The predicted octanol–water partition coefficient (Wildman–Crippen LogP) is 29.0. The van der Waals surface area contributed by atoms with Crippen LogP contribution in [0, 0.1) is 23.2 Å². The van der Waals surface area contributed by atoms with Crippen LogP contribution in [0.25, 0.3) is 0 Å². The molecule has 680 valence electrons. The van der Waals surface area contributed by atoms with Gasteiger partial charge in [-0.05, 0) is 148 Å². The second kappa shape index (κ2) is 76.4. The van der Waals surface area contributed by atoms with Gasteiger partial charge in [0.2, 0.25) is 5.91 Å². The number of hydrogen-bond acceptors (Lipinski definition) is 10. The summed E-state index contributed by atoms with van der Waals surface area (Å²) >= 11 is 0. The molecule has 13 nitrogen and oxygen atoms in total. The molecule has 0 radical (unpaired) electrons. The summed E-state index contributed by atoms with van der Waals surface area (Å²) in [4.78, 5) is 68.3. The van der Waals surface area contributed by atoms with Crippen molar-refractivity contribution in [1.29, 1.82) is 0 Å². The van der Waals surface area contributed by atoms with E-state index in [4.69, 9.17) is 9.47 Å². The van der Waals surface area contributed by atoms with Gasteiger partial charge in [-0.3, -0.25) is 24.2 Å². The Hall–Kier alpha value is -2.48. The van der Waals surface area contributed by atoms with E-state index in [0.29, 0.717) is 37.8 Å². The van der Waals surface area contributed by atoms with Gasteiger partial charge >= 0.3 is 18.0 Å². The molecule has 13 heteroatoms. The molecule has 2 amide bonds. The number of ether oxygens (including phenoxy) is 2. The quantitative estimate of drug-likeness (QED) is 0.0462. The highest BCUT2D eigenvalue weighted by Crippen LogP contribution is 2.50. The fourth-order valence-corrected chi connectivity index (χ4v) is 19.0. The minimum absolute atomic E-state index is 0.0761. The molecule has 2 aliphatic rings. The maximum atomic E-state index is 14.4. The first-order chi connectivity index (χ1) is 56.1. The van der Waals surface area contributed by atoms with E-state index in [1.165, 1.54) is 417 Å². The van der Waals surface area contributed by atoms with Crippen molar-refractivity contribution < 1.29 is 33.8 Å². The first-order valence-electron chi connectivity index (χ1n) is 51.6. The van der Waals surface area contributed by atoms with Crippen LogP contribution in [0.3, 0.4) is 0 Å². The van der Waals surface area contributed by atoms with Gasteiger partial charge in [0.25, 0.3) is 0 Å². The minimum Gasteiger partial charge on any atom is -0.469 e. The highest BCUT2D eigenvalue weighted by Gasteiger charge is 2.61. The number of rotatable bonds is 86. The summed E-state index contributed by atoms with van der Waals surface area (Å²) in [5.74, 6) is 0.271. The third-order valence-corrected chi connectivity index (χ3v) is 26.8. The Kier molecular flexibility index (Phi) is 72.1. The number of unbranched alkanes of at least 4 members (excludes halogenated alkanes) is 55. The number of carbonyl (C=O) groups excluding carboxylic acids is 3. The van der Waals surface area contributed by atoms with Crippen LogP contribution >= 0.6 is 0 Å². The van der Waals surface area contributed by atoms with Gasteiger partial charge in [0.15, 0.2) is 5.72 Å². The number of methoxy groups -OCH3 is 1. The molecule has 0 aromatic rings. The standard InChI is InChI=1S/C102H200N6O7/c1-11-16-21-26-31-33-35-37-42-51-59-66-79-103(86-75-95-76-88-107(92-95)97(109)93-106(85-72-63-50-30-25-20-15-5)91-90-105(83-70-57-48-28-23-18-13-3)84-71-58-49-29-24-19-14-4)80-67-60-54-45-41-46-55-64-73-94(6)99(111)115-102(101(7,8)9)96(78-89-108(102)100(112)113)77-87-104(81-68-61-52-43-38-36-34-32-27-22-17-12-2)82-69-62-53-44-39-40-47-56-65-74-98(110)114-10/h94-96H,11-93H2,1-10H3,(H,112,113). The Balaban J connectivity index is 2.01. The summed E-state index contributed by atoms with van der Waals surface area (Å²) < 4.78 is 11.6. The molecule has 2 fully saturated rings. The maximum absolute atomic E-state index is 14.4. The van der Waals surface area contributed by atoms with E-state index in [9.17, 15) is 24.3 Å². The van der Waals surface area contributed by atoms with Crippen molar-refractivity contribution in [2.45, 2.75) is 505 Å². The summed E-state index contributed by atoms with van der Waals surface area (Å²) in [7, 11) is 1.47. The van der Waals surface area contributed by atoms with Gasteiger partial charge in [0, 0.05) is 50.5 Å². The summed E-state index contributed by atoms with van der Waals surface area (Å²) in [6, 6.07) is 0. The molecule has 0 spiro atoms. The van der Waals surface area contributed by atoms with Gasteiger partial charge in [-0.2, -0.15) is 0 Å². The van der Waals surface area contributed by atoms with Crippen molar-refractivity contribution in [3.8, 4) is 0 Å². The lowest BCUT2D eigenvalue weighted by atomic mass is 9.74. The lowest BCUT2D eigenvalue weighted by Crippen LogP contribution is -2.62. The fourth-order valence-electron chi connectivity index (χ4n) is 19.0. The molecule has 0 saturated carbocycles. The number of amides is 2. The van der Waals surface area contributed by atoms with E-state index in [1.807, 2.05) is 6.92 Å². The van der Waals surface area contributed by atoms with Crippen LogP contribution in [-0.2, 0) is 23.9 Å². The minimum atomic E-state index is -1.22. The smallest absolute Gasteiger partial charge is 0.410 e. The first kappa shape index (κ1) is 109. The van der Waals surface area contributed by atoms with Crippen molar-refractivity contribution >= 4 is 23.9 Å². The van der Waals surface area contributed by atoms with Crippen molar-refractivity contribution in [3.63, 3.8) is 0 Å². The number of esters is 2. The van der Waals surface area contributed by atoms with E-state index in [2.05, 4.69) is 79.9 Å². The monoisotopic (exact) mass is 1620 g/mol. The van der Waals surface area contributed by atoms with E-state index in [1.54, 1.807) is 0 Å². The molecule has 1 N–H and O–H groups in total. The maximum Gasteiger partial charge on any atom is 0.410 e. The number of carboxylic acid groups (broad SMARTS) is 1. The average Bonchev–Trinajstić information content (AvgIpc) is 1.23. The Labute approximate surface area is 716 Å². The van der Waals surface area contributed by atoms with Crippen LogP contribution < -0.4 is 0 Å². The Morgan fingerprint density at radius 1 is 0.374 bits per heavy atom. The normalized spacial score (nSPS) is 16.3. The van der Waals surface area contributed by atoms with Crippen LogP contribution in [0.15, 0.2) is 0 Å². The molecule has 0 aliphatic carbocycles. The molecule has 4 atom stereocenters. The zero-order chi connectivity index (χ0) is 83.6. The third-order valence-electron chi connectivity index (χ3n) is 26.8. The van der Waals surface area contributed by atoms with Crippen molar-refractivity contribution in [2.24, 2.45) is 23.2 Å². The van der Waals surface area contributed by atoms with Crippen molar-refractivity contribution in [3.05, 3.63) is 0 Å². The Morgan fingerprint density at radius 2 is 0.670 bits per heavy atom. The van der Waals surface area contributed by atoms with Crippen LogP contribution in [-0.4, -0.2) is 169 Å².